The summed E-state index contributed by atoms with van der Waals surface area (Å²) in [5, 5.41) is 17.2. The smallest absolute Gasteiger partial charge is 0.294 e. The third-order valence-electron chi connectivity index (χ3n) is 5.05. The number of nitrogens with zero attached hydrogens (tertiary/aromatic N) is 3. The molecule has 0 aliphatic heterocycles. The lowest BCUT2D eigenvalue weighted by atomic mass is 10.0. The second kappa shape index (κ2) is 8.78. The Balaban J connectivity index is 1.56. The quantitative estimate of drug-likeness (QED) is 0.429. The Kier molecular flexibility index (Phi) is 5.74. The van der Waals surface area contributed by atoms with Crippen molar-refractivity contribution >= 4 is 17.5 Å². The first-order chi connectivity index (χ1) is 15.0. The second-order valence-electron chi connectivity index (χ2n) is 7.43. The van der Waals surface area contributed by atoms with Gasteiger partial charge in [0.15, 0.2) is 0 Å². The minimum absolute atomic E-state index is 0.104. The molecule has 158 valence electrons. The zero-order valence-corrected chi connectivity index (χ0v) is 16.6. The number of amides is 2. The predicted octanol–water partition coefficient (Wildman–Crippen LogP) is 2.40. The van der Waals surface area contributed by atoms with Gasteiger partial charge in [-0.3, -0.25) is 19.7 Å². The van der Waals surface area contributed by atoms with Crippen molar-refractivity contribution in [3.05, 3.63) is 88.5 Å². The lowest BCUT2D eigenvalue weighted by molar-refractivity contribution is -0.384. The molecule has 0 radical (unpaired) electrons. The standard InChI is InChI=1S/C22H21N5O4/c28-21(16-6-9-19(20(13-16)27(30)31)26-11-10-23-14-26)25-18(22(29)24-17-7-8-17)12-15-4-2-1-3-5-15/h1-6,9-11,13-14,17-18H,7-8,12H2,(H,24,29)(H,25,28). The van der Waals surface area contributed by atoms with Crippen molar-refractivity contribution in [2.75, 3.05) is 0 Å². The molecule has 0 bridgehead atoms. The van der Waals surface area contributed by atoms with Crippen LogP contribution in [0.4, 0.5) is 5.69 Å². The van der Waals surface area contributed by atoms with E-state index in [4.69, 9.17) is 0 Å². The van der Waals surface area contributed by atoms with Crippen molar-refractivity contribution in [1.82, 2.24) is 20.2 Å². The molecule has 0 spiro atoms. The summed E-state index contributed by atoms with van der Waals surface area (Å²) in [6, 6.07) is 12.9. The van der Waals surface area contributed by atoms with Gasteiger partial charge in [0.1, 0.15) is 11.7 Å². The molecule has 1 atom stereocenters. The number of aromatic nitrogens is 2. The van der Waals surface area contributed by atoms with Crippen molar-refractivity contribution in [3.63, 3.8) is 0 Å². The Labute approximate surface area is 178 Å². The minimum Gasteiger partial charge on any atom is -0.352 e. The molecule has 31 heavy (non-hydrogen) atoms. The van der Waals surface area contributed by atoms with Crippen LogP contribution in [-0.2, 0) is 11.2 Å². The minimum atomic E-state index is -0.789. The zero-order chi connectivity index (χ0) is 21.8. The highest BCUT2D eigenvalue weighted by Gasteiger charge is 2.29. The summed E-state index contributed by atoms with van der Waals surface area (Å²) < 4.78 is 1.50. The van der Waals surface area contributed by atoms with Crippen LogP contribution in [0.15, 0.2) is 67.3 Å². The molecule has 1 heterocycles. The number of nitro benzene ring substituents is 1. The molecule has 1 unspecified atom stereocenters. The van der Waals surface area contributed by atoms with Gasteiger partial charge in [0, 0.05) is 36.5 Å². The average molecular weight is 419 g/mol. The summed E-state index contributed by atoms with van der Waals surface area (Å²) in [4.78, 5) is 40.5. The van der Waals surface area contributed by atoms with E-state index in [0.29, 0.717) is 12.1 Å². The molecule has 1 aliphatic rings. The van der Waals surface area contributed by atoms with E-state index in [-0.39, 0.29) is 23.2 Å². The third-order valence-corrected chi connectivity index (χ3v) is 5.05. The van der Waals surface area contributed by atoms with E-state index in [9.17, 15) is 19.7 Å². The largest absolute Gasteiger partial charge is 0.352 e. The van der Waals surface area contributed by atoms with Gasteiger partial charge in [-0.2, -0.15) is 0 Å². The SMILES string of the molecule is O=C(NC(Cc1ccccc1)C(=O)NC1CC1)c1ccc(-n2ccnc2)c([N+](=O)[O-])c1. The first-order valence-electron chi connectivity index (χ1n) is 9.93. The molecule has 9 nitrogen and oxygen atoms in total. The fourth-order valence-corrected chi connectivity index (χ4v) is 3.26. The molecule has 1 fully saturated rings. The Bertz CT molecular complexity index is 1090. The summed E-state index contributed by atoms with van der Waals surface area (Å²) in [6.07, 6.45) is 6.72. The summed E-state index contributed by atoms with van der Waals surface area (Å²) >= 11 is 0. The number of benzene rings is 2. The number of nitro groups is 1. The highest BCUT2D eigenvalue weighted by Crippen LogP contribution is 2.24. The molecule has 3 aromatic rings. The molecular formula is C22H21N5O4. The van der Waals surface area contributed by atoms with E-state index < -0.39 is 16.9 Å². The number of carbonyl (C=O) groups is 2. The average Bonchev–Trinajstić information content (AvgIpc) is 3.42. The molecule has 2 aromatic carbocycles. The van der Waals surface area contributed by atoms with Gasteiger partial charge >= 0.3 is 0 Å². The van der Waals surface area contributed by atoms with Gasteiger partial charge in [-0.25, -0.2) is 4.98 Å². The normalized spacial score (nSPS) is 13.9. The number of imidazole rings is 1. The summed E-state index contributed by atoms with van der Waals surface area (Å²) in [6.45, 7) is 0. The highest BCUT2D eigenvalue weighted by atomic mass is 16.6. The Morgan fingerprint density at radius 1 is 1.19 bits per heavy atom. The van der Waals surface area contributed by atoms with Gasteiger partial charge in [-0.15, -0.1) is 0 Å². The monoisotopic (exact) mass is 419 g/mol. The molecule has 2 amide bonds. The van der Waals surface area contributed by atoms with E-state index in [1.165, 1.54) is 35.3 Å². The van der Waals surface area contributed by atoms with E-state index >= 15 is 0 Å². The van der Waals surface area contributed by atoms with Gasteiger partial charge in [-0.05, 0) is 30.5 Å². The third kappa shape index (κ3) is 4.95. The van der Waals surface area contributed by atoms with Gasteiger partial charge in [0.05, 0.1) is 11.3 Å². The molecule has 4 rings (SSSR count). The number of rotatable bonds is 8. The zero-order valence-electron chi connectivity index (χ0n) is 16.6. The Hall–Kier alpha value is -4.01. The maximum absolute atomic E-state index is 12.9. The summed E-state index contributed by atoms with van der Waals surface area (Å²) in [5.41, 5.74) is 1.08. The van der Waals surface area contributed by atoms with Crippen LogP contribution in [0, 0.1) is 10.1 Å². The second-order valence-corrected chi connectivity index (χ2v) is 7.43. The van der Waals surface area contributed by atoms with Crippen LogP contribution in [0.5, 0.6) is 0 Å². The molecule has 0 saturated heterocycles. The fraction of sp³-hybridized carbons (Fsp3) is 0.227. The van der Waals surface area contributed by atoms with Gasteiger partial charge in [-0.1, -0.05) is 30.3 Å². The topological polar surface area (TPSA) is 119 Å². The molecule has 1 saturated carbocycles. The first-order valence-corrected chi connectivity index (χ1v) is 9.93. The number of carbonyl (C=O) groups excluding carboxylic acids is 2. The van der Waals surface area contributed by atoms with Crippen LogP contribution in [0.1, 0.15) is 28.8 Å². The van der Waals surface area contributed by atoms with Crippen molar-refractivity contribution in [1.29, 1.82) is 0 Å². The number of hydrogen-bond acceptors (Lipinski definition) is 5. The molecule has 2 N–H and O–H groups in total. The van der Waals surface area contributed by atoms with E-state index in [0.717, 1.165) is 18.4 Å². The number of nitrogens with one attached hydrogen (secondary N) is 2. The lowest BCUT2D eigenvalue weighted by Crippen LogP contribution is -2.48. The molecule has 9 heteroatoms. The van der Waals surface area contributed by atoms with Crippen molar-refractivity contribution in [3.8, 4) is 5.69 Å². The van der Waals surface area contributed by atoms with Crippen LogP contribution in [0.25, 0.3) is 5.69 Å². The van der Waals surface area contributed by atoms with E-state index in [1.54, 1.807) is 6.20 Å². The maximum atomic E-state index is 12.9. The first kappa shape index (κ1) is 20.3. The van der Waals surface area contributed by atoms with Crippen molar-refractivity contribution in [2.24, 2.45) is 0 Å². The predicted molar refractivity (Wildman–Crippen MR) is 113 cm³/mol. The maximum Gasteiger partial charge on any atom is 0.294 e. The van der Waals surface area contributed by atoms with Crippen LogP contribution in [-0.4, -0.2) is 38.4 Å². The highest BCUT2D eigenvalue weighted by molar-refractivity contribution is 5.98. The molecule has 1 aromatic heterocycles. The van der Waals surface area contributed by atoms with Gasteiger partial charge in [0.2, 0.25) is 5.91 Å². The van der Waals surface area contributed by atoms with Crippen molar-refractivity contribution < 1.29 is 14.5 Å². The fourth-order valence-electron chi connectivity index (χ4n) is 3.26. The van der Waals surface area contributed by atoms with Crippen LogP contribution in [0.3, 0.4) is 0 Å². The lowest BCUT2D eigenvalue weighted by Gasteiger charge is -2.19. The number of hydrogen-bond donors (Lipinski definition) is 2. The van der Waals surface area contributed by atoms with Crippen molar-refractivity contribution in [2.45, 2.75) is 31.3 Å². The van der Waals surface area contributed by atoms with Crippen LogP contribution in [0.2, 0.25) is 0 Å². The van der Waals surface area contributed by atoms with E-state index in [1.807, 2.05) is 30.3 Å². The Morgan fingerprint density at radius 3 is 2.61 bits per heavy atom. The molecule has 1 aliphatic carbocycles. The van der Waals surface area contributed by atoms with E-state index in [2.05, 4.69) is 15.6 Å². The van der Waals surface area contributed by atoms with Gasteiger partial charge < -0.3 is 15.2 Å². The molecular weight excluding hydrogens is 398 g/mol. The van der Waals surface area contributed by atoms with Crippen LogP contribution < -0.4 is 10.6 Å². The summed E-state index contributed by atoms with van der Waals surface area (Å²) in [5.74, 6) is -0.809. The Morgan fingerprint density at radius 2 is 1.97 bits per heavy atom. The summed E-state index contributed by atoms with van der Waals surface area (Å²) in [7, 11) is 0. The van der Waals surface area contributed by atoms with Crippen LogP contribution >= 0.6 is 0 Å². The van der Waals surface area contributed by atoms with Gasteiger partial charge in [0.25, 0.3) is 11.6 Å².